The molecule has 2 nitrogen and oxygen atoms in total. The number of benzene rings is 1. The first-order valence-corrected chi connectivity index (χ1v) is 6.65. The molecular formula is C13H17IO2. The minimum Gasteiger partial charge on any atom is -0.466 e. The van der Waals surface area contributed by atoms with Gasteiger partial charge in [0.05, 0.1) is 6.61 Å². The molecule has 3 heteroatoms. The highest BCUT2D eigenvalue weighted by atomic mass is 127. The monoisotopic (exact) mass is 332 g/mol. The molecule has 1 aromatic carbocycles. The van der Waals surface area contributed by atoms with Crippen LogP contribution in [-0.4, -0.2) is 12.6 Å². The van der Waals surface area contributed by atoms with E-state index in [0.29, 0.717) is 6.61 Å². The summed E-state index contributed by atoms with van der Waals surface area (Å²) in [4.78, 5) is 10.5. The van der Waals surface area contributed by atoms with Crippen molar-refractivity contribution < 1.29 is 9.53 Å². The molecular weight excluding hydrogens is 315 g/mol. The summed E-state index contributed by atoms with van der Waals surface area (Å²) in [6.07, 6.45) is 4.34. The SMILES string of the molecule is CC(=O)OCCCCCc1ccccc1I. The quantitative estimate of drug-likeness (QED) is 0.452. The third-order valence-electron chi connectivity index (χ3n) is 2.35. The molecule has 0 N–H and O–H groups in total. The van der Waals surface area contributed by atoms with E-state index in [1.54, 1.807) is 0 Å². The van der Waals surface area contributed by atoms with Crippen LogP contribution in [-0.2, 0) is 16.0 Å². The maximum atomic E-state index is 10.5. The van der Waals surface area contributed by atoms with Crippen molar-refractivity contribution in [3.63, 3.8) is 0 Å². The average Bonchev–Trinajstić information content (AvgIpc) is 2.25. The fraction of sp³-hybridized carbons (Fsp3) is 0.462. The van der Waals surface area contributed by atoms with Crippen molar-refractivity contribution in [3.8, 4) is 0 Å². The number of unbranched alkanes of at least 4 members (excludes halogenated alkanes) is 2. The molecule has 16 heavy (non-hydrogen) atoms. The van der Waals surface area contributed by atoms with E-state index >= 15 is 0 Å². The van der Waals surface area contributed by atoms with Crippen LogP contribution in [0.2, 0.25) is 0 Å². The smallest absolute Gasteiger partial charge is 0.302 e. The van der Waals surface area contributed by atoms with Gasteiger partial charge in [-0.3, -0.25) is 4.79 Å². The Morgan fingerprint density at radius 2 is 2.00 bits per heavy atom. The van der Waals surface area contributed by atoms with E-state index < -0.39 is 0 Å². The van der Waals surface area contributed by atoms with Crippen LogP contribution in [0.15, 0.2) is 24.3 Å². The van der Waals surface area contributed by atoms with Gasteiger partial charge in [-0.25, -0.2) is 0 Å². The van der Waals surface area contributed by atoms with Crippen molar-refractivity contribution in [1.29, 1.82) is 0 Å². The third-order valence-corrected chi connectivity index (χ3v) is 3.41. The lowest BCUT2D eigenvalue weighted by molar-refractivity contribution is -0.141. The standard InChI is InChI=1S/C13H17IO2/c1-11(15)16-10-6-2-3-7-12-8-4-5-9-13(12)14/h4-5,8-9H,2-3,6-7,10H2,1H3. The summed E-state index contributed by atoms with van der Waals surface area (Å²) in [6, 6.07) is 8.45. The van der Waals surface area contributed by atoms with Gasteiger partial charge in [0.2, 0.25) is 0 Å². The molecule has 1 rings (SSSR count). The fourth-order valence-electron chi connectivity index (χ4n) is 1.51. The first-order chi connectivity index (χ1) is 7.70. The molecule has 0 saturated heterocycles. The lowest BCUT2D eigenvalue weighted by Gasteiger charge is -2.04. The van der Waals surface area contributed by atoms with Crippen molar-refractivity contribution in [2.24, 2.45) is 0 Å². The van der Waals surface area contributed by atoms with Crippen LogP contribution in [0, 0.1) is 3.57 Å². The minimum atomic E-state index is -0.183. The fourth-order valence-corrected chi connectivity index (χ4v) is 2.17. The molecule has 0 aliphatic carbocycles. The molecule has 0 fully saturated rings. The number of halogens is 1. The van der Waals surface area contributed by atoms with Crippen LogP contribution in [0.1, 0.15) is 31.7 Å². The van der Waals surface area contributed by atoms with Crippen molar-refractivity contribution in [2.45, 2.75) is 32.6 Å². The summed E-state index contributed by atoms with van der Waals surface area (Å²) in [6.45, 7) is 2.01. The second kappa shape index (κ2) is 7.65. The molecule has 0 radical (unpaired) electrons. The summed E-state index contributed by atoms with van der Waals surface area (Å²) in [5, 5.41) is 0. The Morgan fingerprint density at radius 3 is 2.69 bits per heavy atom. The molecule has 0 aliphatic heterocycles. The van der Waals surface area contributed by atoms with Gasteiger partial charge in [0, 0.05) is 10.5 Å². The zero-order chi connectivity index (χ0) is 11.8. The maximum Gasteiger partial charge on any atom is 0.302 e. The van der Waals surface area contributed by atoms with Gasteiger partial charge in [0.25, 0.3) is 0 Å². The molecule has 0 spiro atoms. The normalized spacial score (nSPS) is 10.1. The predicted molar refractivity (Wildman–Crippen MR) is 73.3 cm³/mol. The van der Waals surface area contributed by atoms with Crippen molar-refractivity contribution >= 4 is 28.6 Å². The van der Waals surface area contributed by atoms with E-state index in [4.69, 9.17) is 4.74 Å². The maximum absolute atomic E-state index is 10.5. The minimum absolute atomic E-state index is 0.183. The second-order valence-electron chi connectivity index (χ2n) is 3.74. The van der Waals surface area contributed by atoms with Crippen molar-refractivity contribution in [1.82, 2.24) is 0 Å². The number of carbonyl (C=O) groups is 1. The van der Waals surface area contributed by atoms with Crippen LogP contribution < -0.4 is 0 Å². The number of aryl methyl sites for hydroxylation is 1. The predicted octanol–water partition coefficient (Wildman–Crippen LogP) is 3.57. The molecule has 88 valence electrons. The Morgan fingerprint density at radius 1 is 1.25 bits per heavy atom. The molecule has 0 heterocycles. The van der Waals surface area contributed by atoms with Gasteiger partial charge in [-0.2, -0.15) is 0 Å². The Balaban J connectivity index is 2.12. The summed E-state index contributed by atoms with van der Waals surface area (Å²) < 4.78 is 6.21. The van der Waals surface area contributed by atoms with E-state index in [2.05, 4.69) is 46.9 Å². The van der Waals surface area contributed by atoms with Gasteiger partial charge in [-0.15, -0.1) is 0 Å². The summed E-state index contributed by atoms with van der Waals surface area (Å²) in [5.74, 6) is -0.183. The molecule has 0 bridgehead atoms. The third kappa shape index (κ3) is 5.49. The van der Waals surface area contributed by atoms with Gasteiger partial charge in [-0.1, -0.05) is 18.2 Å². The number of rotatable bonds is 6. The molecule has 1 aromatic rings. The highest BCUT2D eigenvalue weighted by Crippen LogP contribution is 2.14. The summed E-state index contributed by atoms with van der Waals surface area (Å²) in [7, 11) is 0. The zero-order valence-corrected chi connectivity index (χ0v) is 11.7. The Hall–Kier alpha value is -0.580. The van der Waals surface area contributed by atoms with Crippen LogP contribution in [0.25, 0.3) is 0 Å². The van der Waals surface area contributed by atoms with E-state index in [-0.39, 0.29) is 5.97 Å². The number of ether oxygens (including phenoxy) is 1. The molecule has 0 atom stereocenters. The molecule has 0 unspecified atom stereocenters. The molecule has 0 amide bonds. The van der Waals surface area contributed by atoms with Gasteiger partial charge in [0.1, 0.15) is 0 Å². The summed E-state index contributed by atoms with van der Waals surface area (Å²) >= 11 is 2.37. The van der Waals surface area contributed by atoms with E-state index in [9.17, 15) is 4.79 Å². The van der Waals surface area contributed by atoms with Gasteiger partial charge >= 0.3 is 5.97 Å². The topological polar surface area (TPSA) is 26.3 Å². The van der Waals surface area contributed by atoms with Gasteiger partial charge in [0.15, 0.2) is 0 Å². The number of hydrogen-bond acceptors (Lipinski definition) is 2. The van der Waals surface area contributed by atoms with Crippen molar-refractivity contribution in [2.75, 3.05) is 6.61 Å². The average molecular weight is 332 g/mol. The lowest BCUT2D eigenvalue weighted by atomic mass is 10.1. The zero-order valence-electron chi connectivity index (χ0n) is 9.54. The lowest BCUT2D eigenvalue weighted by Crippen LogP contribution is -2.00. The second-order valence-corrected chi connectivity index (χ2v) is 4.90. The Bertz CT molecular complexity index is 336. The highest BCUT2D eigenvalue weighted by molar-refractivity contribution is 14.1. The van der Waals surface area contributed by atoms with Gasteiger partial charge in [-0.05, 0) is 59.9 Å². The first kappa shape index (κ1) is 13.5. The van der Waals surface area contributed by atoms with Crippen LogP contribution >= 0.6 is 22.6 Å². The molecule has 0 saturated carbocycles. The summed E-state index contributed by atoms with van der Waals surface area (Å²) in [5.41, 5.74) is 1.41. The number of hydrogen-bond donors (Lipinski definition) is 0. The van der Waals surface area contributed by atoms with E-state index in [1.165, 1.54) is 16.1 Å². The van der Waals surface area contributed by atoms with Crippen LogP contribution in [0.4, 0.5) is 0 Å². The van der Waals surface area contributed by atoms with E-state index in [0.717, 1.165) is 25.7 Å². The van der Waals surface area contributed by atoms with Crippen LogP contribution in [0.3, 0.4) is 0 Å². The van der Waals surface area contributed by atoms with Crippen molar-refractivity contribution in [3.05, 3.63) is 33.4 Å². The van der Waals surface area contributed by atoms with Crippen LogP contribution in [0.5, 0.6) is 0 Å². The molecule has 0 aliphatic rings. The van der Waals surface area contributed by atoms with E-state index in [1.807, 2.05) is 0 Å². The highest BCUT2D eigenvalue weighted by Gasteiger charge is 1.98. The Kier molecular flexibility index (Phi) is 6.45. The number of carbonyl (C=O) groups excluding carboxylic acids is 1. The van der Waals surface area contributed by atoms with Gasteiger partial charge < -0.3 is 4.74 Å². The first-order valence-electron chi connectivity index (χ1n) is 5.57. The largest absolute Gasteiger partial charge is 0.466 e. The Labute approximate surface area is 111 Å². The number of esters is 1. The molecule has 0 aromatic heterocycles.